The summed E-state index contributed by atoms with van der Waals surface area (Å²) in [6.07, 6.45) is 1.69. The van der Waals surface area contributed by atoms with Gasteiger partial charge in [-0.25, -0.2) is 9.97 Å². The van der Waals surface area contributed by atoms with E-state index >= 15 is 0 Å². The lowest BCUT2D eigenvalue weighted by Crippen LogP contribution is -2.40. The molecule has 21 heavy (non-hydrogen) atoms. The molecule has 2 heterocycles. The van der Waals surface area contributed by atoms with Gasteiger partial charge in [0.05, 0.1) is 0 Å². The minimum absolute atomic E-state index is 0.105. The van der Waals surface area contributed by atoms with Crippen molar-refractivity contribution in [2.24, 2.45) is 5.92 Å². The van der Waals surface area contributed by atoms with Crippen LogP contribution in [0.4, 0.5) is 5.82 Å². The first-order valence-electron chi connectivity index (χ1n) is 7.44. The molecular weight excluding hydrogens is 288 g/mol. The molecular formula is C15H23ClN4O. The van der Waals surface area contributed by atoms with Gasteiger partial charge in [-0.1, -0.05) is 25.4 Å². The Kier molecular flexibility index (Phi) is 5.04. The third-order valence-corrected chi connectivity index (χ3v) is 4.37. The molecule has 0 spiro atoms. The van der Waals surface area contributed by atoms with E-state index in [9.17, 15) is 4.79 Å². The highest BCUT2D eigenvalue weighted by atomic mass is 35.5. The number of carbonyl (C=O) groups excluding carboxylic acids is 1. The van der Waals surface area contributed by atoms with Crippen molar-refractivity contribution in [3.63, 3.8) is 0 Å². The van der Waals surface area contributed by atoms with Crippen molar-refractivity contribution in [2.45, 2.75) is 39.5 Å². The van der Waals surface area contributed by atoms with Crippen molar-refractivity contribution < 1.29 is 4.79 Å². The van der Waals surface area contributed by atoms with Gasteiger partial charge in [-0.15, -0.1) is 0 Å². The van der Waals surface area contributed by atoms with E-state index in [4.69, 9.17) is 11.6 Å². The fraction of sp³-hybridized carbons (Fsp3) is 0.667. The van der Waals surface area contributed by atoms with Gasteiger partial charge in [-0.2, -0.15) is 0 Å². The van der Waals surface area contributed by atoms with E-state index < -0.39 is 0 Å². The number of rotatable bonds is 3. The van der Waals surface area contributed by atoms with Crippen molar-refractivity contribution in [1.82, 2.24) is 15.3 Å². The molecule has 0 bridgehead atoms. The van der Waals surface area contributed by atoms with Crippen LogP contribution in [0.1, 0.15) is 44.0 Å². The van der Waals surface area contributed by atoms with Crippen LogP contribution in [0, 0.1) is 12.8 Å². The van der Waals surface area contributed by atoms with Crippen LogP contribution in [-0.2, 0) is 4.79 Å². The molecule has 1 aliphatic rings. The summed E-state index contributed by atoms with van der Waals surface area (Å²) in [5.74, 6) is 2.16. The fourth-order valence-corrected chi connectivity index (χ4v) is 2.79. The number of piperidine rings is 1. The van der Waals surface area contributed by atoms with Crippen LogP contribution < -0.4 is 10.2 Å². The third kappa shape index (κ3) is 3.46. The van der Waals surface area contributed by atoms with Gasteiger partial charge in [0, 0.05) is 37.5 Å². The number of hydrogen-bond donors (Lipinski definition) is 1. The zero-order valence-corrected chi connectivity index (χ0v) is 13.9. The summed E-state index contributed by atoms with van der Waals surface area (Å²) < 4.78 is 0. The van der Waals surface area contributed by atoms with Gasteiger partial charge in [0.15, 0.2) is 0 Å². The van der Waals surface area contributed by atoms with Gasteiger partial charge < -0.3 is 10.2 Å². The van der Waals surface area contributed by atoms with Crippen LogP contribution in [0.5, 0.6) is 0 Å². The number of anilines is 1. The molecule has 0 aromatic carbocycles. The van der Waals surface area contributed by atoms with Crippen molar-refractivity contribution >= 4 is 23.3 Å². The molecule has 1 saturated heterocycles. The van der Waals surface area contributed by atoms with Crippen molar-refractivity contribution in [2.75, 3.05) is 25.0 Å². The first-order valence-corrected chi connectivity index (χ1v) is 7.82. The molecule has 0 radical (unpaired) electrons. The number of hydrogen-bond acceptors (Lipinski definition) is 4. The SMILES string of the molecule is CNC(=O)C1CCN(c2nc(C(C)C)nc(Cl)c2C)CC1. The summed E-state index contributed by atoms with van der Waals surface area (Å²) in [4.78, 5) is 22.9. The van der Waals surface area contributed by atoms with E-state index in [2.05, 4.69) is 34.0 Å². The molecule has 0 atom stereocenters. The van der Waals surface area contributed by atoms with Crippen LogP contribution in [0.15, 0.2) is 0 Å². The summed E-state index contributed by atoms with van der Waals surface area (Å²) in [5.41, 5.74) is 0.916. The molecule has 1 aromatic heterocycles. The lowest BCUT2D eigenvalue weighted by atomic mass is 9.96. The number of nitrogens with zero attached hydrogens (tertiary/aromatic N) is 3. The van der Waals surface area contributed by atoms with E-state index in [1.807, 2.05) is 6.92 Å². The number of amides is 1. The van der Waals surface area contributed by atoms with Crippen LogP contribution in [-0.4, -0.2) is 36.0 Å². The smallest absolute Gasteiger partial charge is 0.222 e. The summed E-state index contributed by atoms with van der Waals surface area (Å²) in [5, 5.41) is 3.25. The molecule has 1 amide bonds. The minimum Gasteiger partial charge on any atom is -0.359 e. The average molecular weight is 311 g/mol. The lowest BCUT2D eigenvalue weighted by molar-refractivity contribution is -0.125. The van der Waals surface area contributed by atoms with Crippen LogP contribution >= 0.6 is 11.6 Å². The van der Waals surface area contributed by atoms with Gasteiger partial charge in [0.2, 0.25) is 5.91 Å². The van der Waals surface area contributed by atoms with Crippen molar-refractivity contribution in [3.05, 3.63) is 16.5 Å². The predicted molar refractivity (Wildman–Crippen MR) is 84.9 cm³/mol. The Hall–Kier alpha value is -1.36. The highest BCUT2D eigenvalue weighted by Crippen LogP contribution is 2.29. The number of carbonyl (C=O) groups is 1. The van der Waals surface area contributed by atoms with E-state index in [1.54, 1.807) is 7.05 Å². The zero-order valence-electron chi connectivity index (χ0n) is 13.1. The fourth-order valence-electron chi connectivity index (χ4n) is 2.62. The average Bonchev–Trinajstić information content (AvgIpc) is 2.49. The second kappa shape index (κ2) is 6.60. The van der Waals surface area contributed by atoms with E-state index in [1.165, 1.54) is 0 Å². The zero-order chi connectivity index (χ0) is 15.6. The Balaban J connectivity index is 2.18. The standard InChI is InChI=1S/C15H23ClN4O/c1-9(2)13-18-12(16)10(3)14(19-13)20-7-5-11(6-8-20)15(21)17-4/h9,11H,5-8H2,1-4H3,(H,17,21). The second-order valence-corrected chi connectivity index (χ2v) is 6.21. The molecule has 116 valence electrons. The largest absolute Gasteiger partial charge is 0.359 e. The first-order chi connectivity index (χ1) is 9.93. The molecule has 5 nitrogen and oxygen atoms in total. The van der Waals surface area contributed by atoms with Crippen molar-refractivity contribution in [3.8, 4) is 0 Å². The van der Waals surface area contributed by atoms with E-state index in [0.29, 0.717) is 5.15 Å². The van der Waals surface area contributed by atoms with E-state index in [0.717, 1.165) is 43.1 Å². The second-order valence-electron chi connectivity index (χ2n) is 5.85. The molecule has 6 heteroatoms. The van der Waals surface area contributed by atoms with Gasteiger partial charge in [0.1, 0.15) is 16.8 Å². The number of halogens is 1. The Morgan fingerprint density at radius 1 is 1.33 bits per heavy atom. The monoisotopic (exact) mass is 310 g/mol. The van der Waals surface area contributed by atoms with Crippen molar-refractivity contribution in [1.29, 1.82) is 0 Å². The molecule has 1 N–H and O–H groups in total. The summed E-state index contributed by atoms with van der Waals surface area (Å²) in [7, 11) is 1.69. The molecule has 0 aliphatic carbocycles. The quantitative estimate of drug-likeness (QED) is 0.872. The maximum Gasteiger partial charge on any atom is 0.222 e. The van der Waals surface area contributed by atoms with Gasteiger partial charge >= 0.3 is 0 Å². The molecule has 2 rings (SSSR count). The third-order valence-electron chi connectivity index (χ3n) is 4.01. The number of aromatic nitrogens is 2. The van der Waals surface area contributed by atoms with Crippen LogP contribution in [0.2, 0.25) is 5.15 Å². The first kappa shape index (κ1) is 16.0. The number of nitrogens with one attached hydrogen (secondary N) is 1. The Bertz CT molecular complexity index is 525. The van der Waals surface area contributed by atoms with Gasteiger partial charge in [0.25, 0.3) is 0 Å². The summed E-state index contributed by atoms with van der Waals surface area (Å²) in [6, 6.07) is 0. The molecule has 1 aromatic rings. The molecule has 1 aliphatic heterocycles. The summed E-state index contributed by atoms with van der Waals surface area (Å²) in [6.45, 7) is 7.71. The Morgan fingerprint density at radius 2 is 1.95 bits per heavy atom. The highest BCUT2D eigenvalue weighted by Gasteiger charge is 2.26. The van der Waals surface area contributed by atoms with E-state index in [-0.39, 0.29) is 17.7 Å². The van der Waals surface area contributed by atoms with Gasteiger partial charge in [-0.05, 0) is 19.8 Å². The molecule has 1 fully saturated rings. The molecule has 0 saturated carbocycles. The topological polar surface area (TPSA) is 58.1 Å². The van der Waals surface area contributed by atoms with Crippen LogP contribution in [0.25, 0.3) is 0 Å². The highest BCUT2D eigenvalue weighted by molar-refractivity contribution is 6.30. The summed E-state index contributed by atoms with van der Waals surface area (Å²) >= 11 is 6.24. The molecule has 0 unspecified atom stereocenters. The Labute approximate surface area is 131 Å². The lowest BCUT2D eigenvalue weighted by Gasteiger charge is -2.33. The van der Waals surface area contributed by atoms with Gasteiger partial charge in [-0.3, -0.25) is 4.79 Å². The predicted octanol–water partition coefficient (Wildman–Crippen LogP) is 2.52. The maximum atomic E-state index is 11.7. The maximum absolute atomic E-state index is 11.7. The Morgan fingerprint density at radius 3 is 2.48 bits per heavy atom. The normalized spacial score (nSPS) is 16.4. The van der Waals surface area contributed by atoms with Crippen LogP contribution in [0.3, 0.4) is 0 Å². The minimum atomic E-state index is 0.105.